The molecule has 0 radical (unpaired) electrons. The molecule has 0 unspecified atom stereocenters. The van der Waals surface area contributed by atoms with Gasteiger partial charge in [-0.15, -0.1) is 0 Å². The molecule has 5 N–H and O–H groups in total. The number of aliphatic carboxylic acids is 1. The molecule has 7 rings (SSSR count). The van der Waals surface area contributed by atoms with Crippen LogP contribution >= 0.6 is 0 Å². The lowest BCUT2D eigenvalue weighted by Crippen LogP contribution is -2.37. The number of hydrogen-bond donors (Lipinski definition) is 5. The maximum atomic E-state index is 12.6. The molecule has 11 nitrogen and oxygen atoms in total. The second-order valence-corrected chi connectivity index (χ2v) is 22.5. The Morgan fingerprint density at radius 3 is 1.25 bits per heavy atom. The minimum Gasteiger partial charge on any atom is -0.484 e. The normalized spacial score (nSPS) is 12.6. The average Bonchev–Trinajstić information content (AvgIpc) is 2.88. The Bertz CT molecular complexity index is 3200. The van der Waals surface area contributed by atoms with E-state index in [0.717, 1.165) is 59.1 Å². The second-order valence-electron chi connectivity index (χ2n) is 22.5. The topological polar surface area (TPSA) is 164 Å². The maximum absolute atomic E-state index is 12.6. The van der Waals surface area contributed by atoms with Crippen LogP contribution in [-0.4, -0.2) is 77.4 Å². The molecule has 0 heterocycles. The van der Waals surface area contributed by atoms with Gasteiger partial charge in [-0.05, 0) is 169 Å². The zero-order valence-corrected chi connectivity index (χ0v) is 51.9. The molecule has 1 aliphatic rings. The molecule has 448 valence electrons. The van der Waals surface area contributed by atoms with Crippen molar-refractivity contribution in [2.24, 2.45) is 0 Å². The number of rotatable bonds is 27. The number of carboxylic acid groups (broad SMARTS) is 1. The first kappa shape index (κ1) is 65.7. The van der Waals surface area contributed by atoms with Crippen LogP contribution in [0.15, 0.2) is 133 Å². The molecule has 1 aliphatic carbocycles. The number of carboxylic acids is 1. The van der Waals surface area contributed by atoms with Gasteiger partial charge in [0, 0.05) is 29.8 Å². The Kier molecular flexibility index (Phi) is 23.3. The van der Waals surface area contributed by atoms with Crippen molar-refractivity contribution in [1.82, 2.24) is 10.6 Å². The minimum absolute atomic E-state index is 0.00769. The first-order valence-electron chi connectivity index (χ1n) is 30.3. The van der Waals surface area contributed by atoms with Crippen molar-refractivity contribution in [3.63, 3.8) is 0 Å². The molecule has 0 saturated carbocycles. The van der Waals surface area contributed by atoms with Crippen LogP contribution in [0, 0.1) is 27.7 Å². The smallest absolute Gasteiger partial charge is 0.407 e. The Hall–Kier alpha value is -7.47. The third kappa shape index (κ3) is 15.6. The van der Waals surface area contributed by atoms with E-state index in [2.05, 4.69) is 137 Å². The van der Waals surface area contributed by atoms with E-state index in [1.165, 1.54) is 44.5 Å². The van der Waals surface area contributed by atoms with Gasteiger partial charge in [-0.2, -0.15) is 0 Å². The Morgan fingerprint density at radius 1 is 0.488 bits per heavy atom. The highest BCUT2D eigenvalue weighted by Crippen LogP contribution is 2.46. The summed E-state index contributed by atoms with van der Waals surface area (Å²) in [5, 5.41) is 35.7. The van der Waals surface area contributed by atoms with E-state index in [1.807, 2.05) is 102 Å². The van der Waals surface area contributed by atoms with E-state index in [0.29, 0.717) is 37.2 Å². The summed E-state index contributed by atoms with van der Waals surface area (Å²) in [4.78, 5) is 35.9. The van der Waals surface area contributed by atoms with Crippen molar-refractivity contribution in [2.75, 3.05) is 32.9 Å². The molecular weight excluding hydrogens is 1050 g/mol. The molecule has 0 spiro atoms. The monoisotopic (exact) mass is 1140 g/mol. The lowest BCUT2D eigenvalue weighted by molar-refractivity contribution is -0.139. The van der Waals surface area contributed by atoms with Crippen LogP contribution in [0.4, 0.5) is 4.79 Å². The van der Waals surface area contributed by atoms with Crippen molar-refractivity contribution in [3.8, 4) is 22.6 Å². The largest absolute Gasteiger partial charge is 0.484 e. The standard InChI is InChI=1S/C45H54N2O5.C28H38O4/c1-7-44(50,8-2)24-23-33-19-20-34(27-31(33)5)45(9-3,10-4)35-21-22-41(32(6)28-35)51-30-42(48)46-25-26-47-43(49)52-29-40-38-17-13-11-15-36(38)37-16-12-14-18-39(37)40;1-7-27(31,8-2)16-15-22-11-12-23(17-20(22)5)28(9-3,10-4)24-13-14-25(21(6)18-24)32-19-26(29)30/h11-24,27-28,40,50H,7-10,25-26,29-30H2,1-6H3,(H,46,48)(H,47,49);11-18,31H,7-10,19H2,1-6H3,(H,29,30)/b24-23+;16-15+. The summed E-state index contributed by atoms with van der Waals surface area (Å²) in [6, 6.07) is 42.0. The molecule has 2 amide bonds. The summed E-state index contributed by atoms with van der Waals surface area (Å²) in [6.07, 6.45) is 13.9. The van der Waals surface area contributed by atoms with Gasteiger partial charge in [-0.25, -0.2) is 9.59 Å². The van der Waals surface area contributed by atoms with Gasteiger partial charge in [0.2, 0.25) is 0 Å². The van der Waals surface area contributed by atoms with Crippen LogP contribution in [0.25, 0.3) is 23.3 Å². The zero-order chi connectivity index (χ0) is 61.2. The predicted molar refractivity (Wildman–Crippen MR) is 341 cm³/mol. The summed E-state index contributed by atoms with van der Waals surface area (Å²) < 4.78 is 16.9. The number of carbonyl (C=O) groups excluding carboxylic acids is 2. The quantitative estimate of drug-likeness (QED) is 0.0316. The number of benzene rings is 6. The fourth-order valence-corrected chi connectivity index (χ4v) is 11.8. The van der Waals surface area contributed by atoms with Crippen molar-refractivity contribution in [2.45, 2.75) is 162 Å². The molecule has 84 heavy (non-hydrogen) atoms. The molecular formula is C73H92N2O9. The SMILES string of the molecule is CCC(O)(/C=C/c1ccc(C(CC)(CC)c2ccc(OCC(=O)NCCNC(=O)OCC3c4ccccc4-c4ccccc43)c(C)c2)cc1C)CC.CCC(O)(/C=C/c1ccc(C(CC)(CC)c2ccc(OCC(=O)O)c(C)c2)cc1C)CC. The van der Waals surface area contributed by atoms with Gasteiger partial charge >= 0.3 is 12.1 Å². The Labute approximate surface area is 500 Å². The maximum Gasteiger partial charge on any atom is 0.407 e. The van der Waals surface area contributed by atoms with E-state index >= 15 is 0 Å². The number of alkyl carbamates (subject to hydrolysis) is 1. The Balaban J connectivity index is 0.000000303. The summed E-state index contributed by atoms with van der Waals surface area (Å²) in [7, 11) is 0. The molecule has 0 atom stereocenters. The van der Waals surface area contributed by atoms with Crippen LogP contribution in [-0.2, 0) is 25.2 Å². The highest BCUT2D eigenvalue weighted by molar-refractivity contribution is 5.79. The number of nitrogens with one attached hydrogen (secondary N) is 2. The molecule has 0 bridgehead atoms. The van der Waals surface area contributed by atoms with Crippen molar-refractivity contribution in [1.29, 1.82) is 0 Å². The van der Waals surface area contributed by atoms with Crippen molar-refractivity contribution >= 4 is 30.1 Å². The number of ether oxygens (including phenoxy) is 3. The van der Waals surface area contributed by atoms with Gasteiger partial charge < -0.3 is 40.2 Å². The van der Waals surface area contributed by atoms with Gasteiger partial charge in [0.25, 0.3) is 5.91 Å². The van der Waals surface area contributed by atoms with E-state index < -0.39 is 23.3 Å². The molecule has 0 saturated heterocycles. The number of aryl methyl sites for hydroxylation is 4. The van der Waals surface area contributed by atoms with E-state index in [9.17, 15) is 24.6 Å². The molecule has 6 aromatic rings. The number of carbonyl (C=O) groups is 3. The van der Waals surface area contributed by atoms with Gasteiger partial charge in [0.15, 0.2) is 13.2 Å². The number of amides is 2. The third-order valence-corrected chi connectivity index (χ3v) is 17.9. The van der Waals surface area contributed by atoms with Crippen LogP contribution < -0.4 is 20.1 Å². The van der Waals surface area contributed by atoms with E-state index in [1.54, 1.807) is 0 Å². The number of aliphatic hydroxyl groups is 2. The molecule has 6 aromatic carbocycles. The van der Waals surface area contributed by atoms with Crippen molar-refractivity contribution in [3.05, 3.63) is 200 Å². The molecule has 0 aromatic heterocycles. The molecule has 0 fully saturated rings. The lowest BCUT2D eigenvalue weighted by Gasteiger charge is -2.34. The van der Waals surface area contributed by atoms with E-state index in [4.69, 9.17) is 19.3 Å². The second kappa shape index (κ2) is 29.9. The summed E-state index contributed by atoms with van der Waals surface area (Å²) >= 11 is 0. The highest BCUT2D eigenvalue weighted by atomic mass is 16.5. The highest BCUT2D eigenvalue weighted by Gasteiger charge is 2.34. The number of fused-ring (bicyclic) bond motifs is 3. The average molecular weight is 1140 g/mol. The summed E-state index contributed by atoms with van der Waals surface area (Å²) in [5.41, 5.74) is 14.2. The van der Waals surface area contributed by atoms with Crippen LogP contribution in [0.2, 0.25) is 0 Å². The summed E-state index contributed by atoms with van der Waals surface area (Å²) in [6.45, 7) is 25.3. The first-order chi connectivity index (χ1) is 40.2. The summed E-state index contributed by atoms with van der Waals surface area (Å²) in [5.74, 6) is 0.00814. The molecule has 11 heteroatoms. The van der Waals surface area contributed by atoms with E-state index in [-0.39, 0.29) is 55.6 Å². The van der Waals surface area contributed by atoms with Crippen LogP contribution in [0.1, 0.15) is 179 Å². The third-order valence-electron chi connectivity index (χ3n) is 17.9. The fourth-order valence-electron chi connectivity index (χ4n) is 11.8. The predicted octanol–water partition coefficient (Wildman–Crippen LogP) is 15.4. The van der Waals surface area contributed by atoms with Gasteiger partial charge in [-0.1, -0.05) is 189 Å². The first-order valence-corrected chi connectivity index (χ1v) is 30.3. The van der Waals surface area contributed by atoms with Crippen LogP contribution in [0.5, 0.6) is 11.5 Å². The van der Waals surface area contributed by atoms with Crippen molar-refractivity contribution < 1.29 is 43.9 Å². The van der Waals surface area contributed by atoms with Gasteiger partial charge in [0.1, 0.15) is 18.1 Å². The van der Waals surface area contributed by atoms with Gasteiger partial charge in [-0.3, -0.25) is 4.79 Å². The lowest BCUT2D eigenvalue weighted by atomic mass is 9.70. The number of hydrogen-bond acceptors (Lipinski definition) is 8. The zero-order valence-electron chi connectivity index (χ0n) is 51.9. The molecule has 0 aliphatic heterocycles. The minimum atomic E-state index is -0.981. The van der Waals surface area contributed by atoms with Crippen LogP contribution in [0.3, 0.4) is 0 Å². The Morgan fingerprint density at radius 2 is 0.869 bits per heavy atom. The fraction of sp³-hybridized carbons (Fsp3) is 0.411. The van der Waals surface area contributed by atoms with Gasteiger partial charge in [0.05, 0.1) is 11.2 Å².